The lowest BCUT2D eigenvalue weighted by Crippen LogP contribution is -2.30. The largest absolute Gasteiger partial charge is 0.349 e. The van der Waals surface area contributed by atoms with Gasteiger partial charge < -0.3 is 5.32 Å². The molecule has 1 amide bonds. The molecule has 0 saturated carbocycles. The maximum Gasteiger partial charge on any atom is 0.230 e. The van der Waals surface area contributed by atoms with Crippen LogP contribution in [0.2, 0.25) is 0 Å². The summed E-state index contributed by atoms with van der Waals surface area (Å²) in [5, 5.41) is 7.16. The van der Waals surface area contributed by atoms with E-state index in [1.54, 1.807) is 11.0 Å². The molecule has 0 spiro atoms. The number of benzene rings is 1. The number of aryl methyl sites for hydroxylation is 1. The van der Waals surface area contributed by atoms with Crippen LogP contribution in [0.4, 0.5) is 0 Å². The summed E-state index contributed by atoms with van der Waals surface area (Å²) in [6.45, 7) is 0.721. The van der Waals surface area contributed by atoms with E-state index in [-0.39, 0.29) is 11.9 Å². The van der Waals surface area contributed by atoms with Crippen molar-refractivity contribution < 1.29 is 4.79 Å². The van der Waals surface area contributed by atoms with Crippen molar-refractivity contribution in [3.05, 3.63) is 48.5 Å². The summed E-state index contributed by atoms with van der Waals surface area (Å²) < 4.78 is 1.77. The molecular weight excluding hydrogens is 272 g/mol. The minimum absolute atomic E-state index is 0.0000463. The van der Waals surface area contributed by atoms with Gasteiger partial charge in [0.25, 0.3) is 0 Å². The number of hydrogen-bond donors (Lipinski definition) is 1. The molecule has 106 valence electrons. The van der Waals surface area contributed by atoms with E-state index in [0.29, 0.717) is 5.75 Å². The molecule has 5 nitrogen and oxygen atoms in total. The van der Waals surface area contributed by atoms with Crippen LogP contribution < -0.4 is 5.32 Å². The molecular formula is C14H18N4OS. The first-order valence-corrected chi connectivity index (χ1v) is 7.84. The molecule has 0 fully saturated rings. The third kappa shape index (κ3) is 4.38. The molecule has 2 aromatic rings. The molecule has 2 rings (SSSR count). The lowest BCUT2D eigenvalue weighted by Gasteiger charge is -2.19. The van der Waals surface area contributed by atoms with Crippen LogP contribution in [0.5, 0.6) is 0 Å². The van der Waals surface area contributed by atoms with Gasteiger partial charge in [-0.1, -0.05) is 30.3 Å². The van der Waals surface area contributed by atoms with Crippen molar-refractivity contribution in [2.45, 2.75) is 19.0 Å². The van der Waals surface area contributed by atoms with Crippen LogP contribution in [0, 0.1) is 0 Å². The van der Waals surface area contributed by atoms with Crippen LogP contribution in [0.1, 0.15) is 18.0 Å². The molecule has 1 aromatic carbocycles. The number of carbonyl (C=O) groups excluding carboxylic acids is 1. The zero-order valence-corrected chi connectivity index (χ0v) is 12.2. The Balaban J connectivity index is 2.01. The lowest BCUT2D eigenvalue weighted by molar-refractivity contribution is -0.119. The Hall–Kier alpha value is -1.82. The minimum atomic E-state index is 0.0000463. The predicted octanol–water partition coefficient (Wildman–Crippen LogP) is 1.89. The Bertz CT molecular complexity index is 515. The Labute approximate surface area is 122 Å². The van der Waals surface area contributed by atoms with Crippen molar-refractivity contribution in [3.63, 3.8) is 0 Å². The Morgan fingerprint density at radius 3 is 2.85 bits per heavy atom. The summed E-state index contributed by atoms with van der Waals surface area (Å²) >= 11 is 1.52. The number of aromatic nitrogens is 3. The van der Waals surface area contributed by atoms with Crippen LogP contribution in [0.3, 0.4) is 0 Å². The molecule has 1 N–H and O–H groups in total. The van der Waals surface area contributed by atoms with Crippen LogP contribution in [0.15, 0.2) is 43.0 Å². The van der Waals surface area contributed by atoms with Crippen molar-refractivity contribution in [3.8, 4) is 0 Å². The van der Waals surface area contributed by atoms with Crippen LogP contribution >= 0.6 is 11.8 Å². The van der Waals surface area contributed by atoms with Crippen LogP contribution in [-0.2, 0) is 11.3 Å². The molecule has 0 aliphatic rings. The highest BCUT2D eigenvalue weighted by Crippen LogP contribution is 2.17. The molecule has 0 bridgehead atoms. The SMILES string of the molecule is CSCC(=O)N[C@H](CCn1cncn1)c1ccccc1. The minimum Gasteiger partial charge on any atom is -0.349 e. The van der Waals surface area contributed by atoms with Gasteiger partial charge in [-0.05, 0) is 18.2 Å². The first-order chi connectivity index (χ1) is 9.79. The topological polar surface area (TPSA) is 59.8 Å². The van der Waals surface area contributed by atoms with Gasteiger partial charge in [0.15, 0.2) is 0 Å². The highest BCUT2D eigenvalue weighted by molar-refractivity contribution is 7.99. The van der Waals surface area contributed by atoms with E-state index in [1.807, 2.05) is 36.6 Å². The molecule has 1 atom stereocenters. The van der Waals surface area contributed by atoms with Gasteiger partial charge in [0, 0.05) is 6.54 Å². The average molecular weight is 290 g/mol. The molecule has 0 aliphatic heterocycles. The number of nitrogens with zero attached hydrogens (tertiary/aromatic N) is 3. The first kappa shape index (κ1) is 14.6. The molecule has 0 radical (unpaired) electrons. The van der Waals surface area contributed by atoms with Crippen molar-refractivity contribution in [2.75, 3.05) is 12.0 Å². The van der Waals surface area contributed by atoms with Gasteiger partial charge in [0.2, 0.25) is 5.91 Å². The number of rotatable bonds is 7. The maximum absolute atomic E-state index is 11.8. The van der Waals surface area contributed by atoms with E-state index in [0.717, 1.165) is 18.5 Å². The first-order valence-electron chi connectivity index (χ1n) is 6.45. The summed E-state index contributed by atoms with van der Waals surface area (Å²) in [4.78, 5) is 15.7. The van der Waals surface area contributed by atoms with Crippen molar-refractivity contribution >= 4 is 17.7 Å². The van der Waals surface area contributed by atoms with Gasteiger partial charge >= 0.3 is 0 Å². The quantitative estimate of drug-likeness (QED) is 0.846. The smallest absolute Gasteiger partial charge is 0.230 e. The van der Waals surface area contributed by atoms with Gasteiger partial charge in [0.1, 0.15) is 12.7 Å². The van der Waals surface area contributed by atoms with E-state index >= 15 is 0 Å². The zero-order chi connectivity index (χ0) is 14.2. The molecule has 6 heteroatoms. The van der Waals surface area contributed by atoms with Gasteiger partial charge in [-0.3, -0.25) is 9.48 Å². The summed E-state index contributed by atoms with van der Waals surface area (Å²) in [5.74, 6) is 0.539. The third-order valence-electron chi connectivity index (χ3n) is 2.93. The summed E-state index contributed by atoms with van der Waals surface area (Å²) in [6, 6.07) is 10.0. The molecule has 0 saturated heterocycles. The number of nitrogens with one attached hydrogen (secondary N) is 1. The fourth-order valence-electron chi connectivity index (χ4n) is 1.98. The number of thioether (sulfide) groups is 1. The number of amides is 1. The van der Waals surface area contributed by atoms with E-state index in [2.05, 4.69) is 15.4 Å². The predicted molar refractivity (Wildman–Crippen MR) is 80.3 cm³/mol. The maximum atomic E-state index is 11.8. The molecule has 0 aliphatic carbocycles. The standard InChI is InChI=1S/C14H18N4OS/c1-20-9-14(19)17-13(12-5-3-2-4-6-12)7-8-18-11-15-10-16-18/h2-6,10-11,13H,7-9H2,1H3,(H,17,19)/t13-/m1/s1. The van der Waals surface area contributed by atoms with Gasteiger partial charge in [-0.15, -0.1) is 0 Å². The van der Waals surface area contributed by atoms with Gasteiger partial charge in [-0.2, -0.15) is 16.9 Å². The molecule has 1 heterocycles. The summed E-state index contributed by atoms with van der Waals surface area (Å²) in [6.07, 6.45) is 5.91. The van der Waals surface area contributed by atoms with Gasteiger partial charge in [-0.25, -0.2) is 4.98 Å². The molecule has 0 unspecified atom stereocenters. The van der Waals surface area contributed by atoms with E-state index in [4.69, 9.17) is 0 Å². The second kappa shape index (κ2) is 7.69. The van der Waals surface area contributed by atoms with Crippen LogP contribution in [0.25, 0.3) is 0 Å². The van der Waals surface area contributed by atoms with Crippen molar-refractivity contribution in [1.29, 1.82) is 0 Å². The molecule has 20 heavy (non-hydrogen) atoms. The van der Waals surface area contributed by atoms with Crippen molar-refractivity contribution in [1.82, 2.24) is 20.1 Å². The summed E-state index contributed by atoms with van der Waals surface area (Å²) in [5.41, 5.74) is 1.11. The van der Waals surface area contributed by atoms with Gasteiger partial charge in [0.05, 0.1) is 11.8 Å². The zero-order valence-electron chi connectivity index (χ0n) is 11.4. The average Bonchev–Trinajstić information content (AvgIpc) is 2.98. The third-order valence-corrected chi connectivity index (χ3v) is 3.48. The Kier molecular flexibility index (Phi) is 5.61. The lowest BCUT2D eigenvalue weighted by atomic mass is 10.0. The Morgan fingerprint density at radius 2 is 2.20 bits per heavy atom. The fraction of sp³-hybridized carbons (Fsp3) is 0.357. The monoisotopic (exact) mass is 290 g/mol. The highest BCUT2D eigenvalue weighted by atomic mass is 32.2. The summed E-state index contributed by atoms with van der Waals surface area (Å²) in [7, 11) is 0. The van der Waals surface area contributed by atoms with E-state index in [9.17, 15) is 4.79 Å². The number of carbonyl (C=O) groups is 1. The van der Waals surface area contributed by atoms with E-state index < -0.39 is 0 Å². The molecule has 1 aromatic heterocycles. The van der Waals surface area contributed by atoms with Crippen LogP contribution in [-0.4, -0.2) is 32.7 Å². The normalized spacial score (nSPS) is 12.1. The second-order valence-electron chi connectivity index (χ2n) is 4.41. The number of hydrogen-bond acceptors (Lipinski definition) is 4. The van der Waals surface area contributed by atoms with E-state index in [1.165, 1.54) is 18.1 Å². The highest BCUT2D eigenvalue weighted by Gasteiger charge is 2.14. The Morgan fingerprint density at radius 1 is 1.40 bits per heavy atom. The van der Waals surface area contributed by atoms with Crippen molar-refractivity contribution in [2.24, 2.45) is 0 Å². The second-order valence-corrected chi connectivity index (χ2v) is 5.28. The fourth-order valence-corrected chi connectivity index (χ4v) is 2.33.